The molecule has 3 rings (SSSR count). The molecule has 2 saturated heterocycles. The molecule has 1 aromatic rings. The Kier molecular flexibility index (Phi) is 3.83. The standard InChI is InChI=1S/C15H22BrN3/c1-11-9-18-6-2-3-13(18)10-19(11)15-5-4-12(8-17)7-14(15)16/h4-5,7,11,13H,2-3,6,8-10,17H2,1H3. The third-order valence-corrected chi connectivity index (χ3v) is 5.13. The van der Waals surface area contributed by atoms with Crippen molar-refractivity contribution in [2.24, 2.45) is 5.73 Å². The Morgan fingerprint density at radius 1 is 1.37 bits per heavy atom. The summed E-state index contributed by atoms with van der Waals surface area (Å²) in [6, 6.07) is 7.84. The zero-order valence-electron chi connectivity index (χ0n) is 11.5. The average Bonchev–Trinajstić information content (AvgIpc) is 2.85. The molecule has 2 atom stereocenters. The first-order chi connectivity index (χ1) is 9.19. The van der Waals surface area contributed by atoms with Crippen molar-refractivity contribution in [3.05, 3.63) is 28.2 Å². The van der Waals surface area contributed by atoms with Gasteiger partial charge in [-0.1, -0.05) is 6.07 Å². The topological polar surface area (TPSA) is 32.5 Å². The molecule has 0 radical (unpaired) electrons. The lowest BCUT2D eigenvalue weighted by atomic mass is 10.1. The van der Waals surface area contributed by atoms with Crippen LogP contribution in [0.3, 0.4) is 0 Å². The Morgan fingerprint density at radius 3 is 2.95 bits per heavy atom. The molecule has 2 aliphatic rings. The van der Waals surface area contributed by atoms with Crippen LogP contribution in [-0.4, -0.2) is 36.6 Å². The Balaban J connectivity index is 1.84. The average molecular weight is 324 g/mol. The number of benzene rings is 1. The van der Waals surface area contributed by atoms with Crippen molar-refractivity contribution in [3.8, 4) is 0 Å². The highest BCUT2D eigenvalue weighted by molar-refractivity contribution is 9.10. The molecule has 0 aromatic heterocycles. The fourth-order valence-electron chi connectivity index (χ4n) is 3.43. The smallest absolute Gasteiger partial charge is 0.0514 e. The second-order valence-corrected chi connectivity index (χ2v) is 6.64. The van der Waals surface area contributed by atoms with E-state index >= 15 is 0 Å². The van der Waals surface area contributed by atoms with Gasteiger partial charge in [-0.2, -0.15) is 0 Å². The second kappa shape index (κ2) is 5.43. The summed E-state index contributed by atoms with van der Waals surface area (Å²) in [5.74, 6) is 0. The van der Waals surface area contributed by atoms with Gasteiger partial charge in [0.25, 0.3) is 0 Å². The lowest BCUT2D eigenvalue weighted by molar-refractivity contribution is 0.203. The Hall–Kier alpha value is -0.580. The van der Waals surface area contributed by atoms with Gasteiger partial charge in [0.1, 0.15) is 0 Å². The van der Waals surface area contributed by atoms with Crippen LogP contribution in [-0.2, 0) is 6.54 Å². The first-order valence-corrected chi connectivity index (χ1v) is 7.97. The van der Waals surface area contributed by atoms with Crippen LogP contribution in [0, 0.1) is 0 Å². The predicted octanol–water partition coefficient (Wildman–Crippen LogP) is 2.58. The summed E-state index contributed by atoms with van der Waals surface area (Å²) < 4.78 is 1.17. The summed E-state index contributed by atoms with van der Waals surface area (Å²) in [7, 11) is 0. The summed E-state index contributed by atoms with van der Waals surface area (Å²) in [5, 5.41) is 0. The van der Waals surface area contributed by atoms with Crippen LogP contribution in [0.15, 0.2) is 22.7 Å². The molecule has 0 amide bonds. The third kappa shape index (κ3) is 2.54. The van der Waals surface area contributed by atoms with Gasteiger partial charge in [0.05, 0.1) is 5.69 Å². The molecule has 0 spiro atoms. The highest BCUT2D eigenvalue weighted by atomic mass is 79.9. The number of halogens is 1. The molecule has 104 valence electrons. The first-order valence-electron chi connectivity index (χ1n) is 7.18. The fraction of sp³-hybridized carbons (Fsp3) is 0.600. The SMILES string of the molecule is CC1CN2CCCC2CN1c1ccc(CN)cc1Br. The van der Waals surface area contributed by atoms with Crippen molar-refractivity contribution < 1.29 is 0 Å². The Labute approximate surface area is 123 Å². The van der Waals surface area contributed by atoms with Gasteiger partial charge >= 0.3 is 0 Å². The molecule has 2 heterocycles. The molecule has 2 N–H and O–H groups in total. The van der Waals surface area contributed by atoms with Gasteiger partial charge in [0.15, 0.2) is 0 Å². The Bertz CT molecular complexity index is 463. The van der Waals surface area contributed by atoms with Crippen LogP contribution in [0.5, 0.6) is 0 Å². The summed E-state index contributed by atoms with van der Waals surface area (Å²) in [4.78, 5) is 5.21. The number of hydrogen-bond donors (Lipinski definition) is 1. The monoisotopic (exact) mass is 323 g/mol. The van der Waals surface area contributed by atoms with Crippen molar-refractivity contribution in [2.75, 3.05) is 24.5 Å². The molecule has 3 nitrogen and oxygen atoms in total. The molecule has 0 bridgehead atoms. The molecular weight excluding hydrogens is 302 g/mol. The third-order valence-electron chi connectivity index (χ3n) is 4.49. The van der Waals surface area contributed by atoms with Gasteiger partial charge in [-0.15, -0.1) is 0 Å². The maximum absolute atomic E-state index is 5.70. The normalized spacial score (nSPS) is 27.6. The predicted molar refractivity (Wildman–Crippen MR) is 83.4 cm³/mol. The van der Waals surface area contributed by atoms with E-state index in [1.165, 1.54) is 41.7 Å². The second-order valence-electron chi connectivity index (χ2n) is 5.78. The number of nitrogens with zero attached hydrogens (tertiary/aromatic N) is 2. The zero-order valence-corrected chi connectivity index (χ0v) is 13.1. The molecule has 4 heteroatoms. The van der Waals surface area contributed by atoms with E-state index in [0.717, 1.165) is 12.6 Å². The van der Waals surface area contributed by atoms with Crippen molar-refractivity contribution >= 4 is 21.6 Å². The number of nitrogens with two attached hydrogens (primary N) is 1. The lowest BCUT2D eigenvalue weighted by Gasteiger charge is -2.44. The number of anilines is 1. The van der Waals surface area contributed by atoms with Crippen LogP contribution in [0.1, 0.15) is 25.3 Å². The van der Waals surface area contributed by atoms with Gasteiger partial charge < -0.3 is 10.6 Å². The van der Waals surface area contributed by atoms with E-state index in [-0.39, 0.29) is 0 Å². The molecule has 19 heavy (non-hydrogen) atoms. The van der Waals surface area contributed by atoms with Crippen LogP contribution < -0.4 is 10.6 Å². The molecule has 0 saturated carbocycles. The minimum atomic E-state index is 0.578. The van der Waals surface area contributed by atoms with Crippen molar-refractivity contribution in [1.82, 2.24) is 4.90 Å². The molecule has 1 aromatic carbocycles. The fourth-order valence-corrected chi connectivity index (χ4v) is 4.09. The minimum Gasteiger partial charge on any atom is -0.365 e. The van der Waals surface area contributed by atoms with E-state index in [0.29, 0.717) is 12.6 Å². The zero-order chi connectivity index (χ0) is 13.4. The molecule has 2 fully saturated rings. The van der Waals surface area contributed by atoms with Crippen molar-refractivity contribution in [1.29, 1.82) is 0 Å². The molecule has 0 aliphatic carbocycles. The van der Waals surface area contributed by atoms with Crippen molar-refractivity contribution in [2.45, 2.75) is 38.4 Å². The highest BCUT2D eigenvalue weighted by Crippen LogP contribution is 2.33. The summed E-state index contributed by atoms with van der Waals surface area (Å²) in [6.45, 7) is 6.57. The van der Waals surface area contributed by atoms with Crippen LogP contribution in [0.2, 0.25) is 0 Å². The van der Waals surface area contributed by atoms with E-state index in [4.69, 9.17) is 5.73 Å². The van der Waals surface area contributed by atoms with Gasteiger partial charge in [-0.3, -0.25) is 4.90 Å². The van der Waals surface area contributed by atoms with Crippen LogP contribution in [0.25, 0.3) is 0 Å². The summed E-state index contributed by atoms with van der Waals surface area (Å²) in [5.41, 5.74) is 8.20. The first kappa shape index (κ1) is 13.4. The highest BCUT2D eigenvalue weighted by Gasteiger charge is 2.34. The lowest BCUT2D eigenvalue weighted by Crippen LogP contribution is -2.55. The van der Waals surface area contributed by atoms with Crippen molar-refractivity contribution in [3.63, 3.8) is 0 Å². The van der Waals surface area contributed by atoms with Crippen LogP contribution >= 0.6 is 15.9 Å². The maximum Gasteiger partial charge on any atom is 0.0514 e. The number of rotatable bonds is 2. The van der Waals surface area contributed by atoms with Gasteiger partial charge in [0, 0.05) is 36.2 Å². The van der Waals surface area contributed by atoms with E-state index < -0.39 is 0 Å². The Morgan fingerprint density at radius 2 is 2.21 bits per heavy atom. The van der Waals surface area contributed by atoms with E-state index in [9.17, 15) is 0 Å². The molecule has 2 aliphatic heterocycles. The van der Waals surface area contributed by atoms with E-state index in [1.807, 2.05) is 0 Å². The van der Waals surface area contributed by atoms with E-state index in [2.05, 4.69) is 50.9 Å². The number of hydrogen-bond acceptors (Lipinski definition) is 3. The van der Waals surface area contributed by atoms with E-state index in [1.54, 1.807) is 0 Å². The quantitative estimate of drug-likeness (QED) is 0.908. The summed E-state index contributed by atoms with van der Waals surface area (Å²) in [6.07, 6.45) is 2.71. The summed E-state index contributed by atoms with van der Waals surface area (Å²) >= 11 is 3.71. The minimum absolute atomic E-state index is 0.578. The molecule has 2 unspecified atom stereocenters. The van der Waals surface area contributed by atoms with Gasteiger partial charge in [0.2, 0.25) is 0 Å². The largest absolute Gasteiger partial charge is 0.365 e. The number of piperazine rings is 1. The maximum atomic E-state index is 5.70. The molecular formula is C15H22BrN3. The number of fused-ring (bicyclic) bond motifs is 1. The van der Waals surface area contributed by atoms with Crippen LogP contribution in [0.4, 0.5) is 5.69 Å². The van der Waals surface area contributed by atoms with Gasteiger partial charge in [-0.25, -0.2) is 0 Å². The van der Waals surface area contributed by atoms with Gasteiger partial charge in [-0.05, 0) is 59.9 Å².